The van der Waals surface area contributed by atoms with E-state index >= 15 is 0 Å². The lowest BCUT2D eigenvalue weighted by atomic mass is 9.89. The second-order valence-corrected chi connectivity index (χ2v) is 7.74. The molecular formula is C28H28N2. The molecule has 0 unspecified atom stereocenters. The standard InChI is InChI=1S/C28H28N2/c1-3-5-6-8-22-11-15-24(16-12-22)26-18-17-25(27(19-29)28(26)20-30)23-13-9-21(7-4-2)10-14-23/h9-18H,3-8H2,1-2H3. The van der Waals surface area contributed by atoms with Crippen molar-refractivity contribution < 1.29 is 0 Å². The van der Waals surface area contributed by atoms with Crippen LogP contribution >= 0.6 is 0 Å². The van der Waals surface area contributed by atoms with Crippen LogP contribution in [-0.2, 0) is 12.8 Å². The fourth-order valence-electron chi connectivity index (χ4n) is 3.89. The number of hydrogen-bond acceptors (Lipinski definition) is 2. The zero-order chi connectivity index (χ0) is 21.3. The maximum absolute atomic E-state index is 9.87. The average molecular weight is 393 g/mol. The molecule has 0 fully saturated rings. The number of unbranched alkanes of at least 4 members (excludes halogenated alkanes) is 2. The average Bonchev–Trinajstić information content (AvgIpc) is 2.79. The maximum atomic E-state index is 9.87. The first kappa shape index (κ1) is 21.4. The van der Waals surface area contributed by atoms with Crippen LogP contribution in [0.5, 0.6) is 0 Å². The van der Waals surface area contributed by atoms with Gasteiger partial charge in [0, 0.05) is 11.1 Å². The summed E-state index contributed by atoms with van der Waals surface area (Å²) in [5.41, 5.74) is 7.09. The van der Waals surface area contributed by atoms with E-state index in [1.807, 2.05) is 24.3 Å². The molecular weight excluding hydrogens is 364 g/mol. The molecule has 0 bridgehead atoms. The molecule has 0 spiro atoms. The van der Waals surface area contributed by atoms with Crippen molar-refractivity contribution in [3.05, 3.63) is 82.9 Å². The van der Waals surface area contributed by atoms with Crippen molar-refractivity contribution in [3.8, 4) is 34.4 Å². The smallest absolute Gasteiger partial charge is 0.101 e. The van der Waals surface area contributed by atoms with Crippen molar-refractivity contribution in [2.24, 2.45) is 0 Å². The highest BCUT2D eigenvalue weighted by Gasteiger charge is 2.16. The zero-order valence-electron chi connectivity index (χ0n) is 17.9. The number of hydrogen-bond donors (Lipinski definition) is 0. The van der Waals surface area contributed by atoms with Crippen LogP contribution in [0.3, 0.4) is 0 Å². The third-order valence-electron chi connectivity index (χ3n) is 5.57. The molecule has 0 aliphatic carbocycles. The second kappa shape index (κ2) is 10.4. The van der Waals surface area contributed by atoms with Crippen molar-refractivity contribution in [2.75, 3.05) is 0 Å². The molecule has 3 rings (SSSR count). The summed E-state index contributed by atoms with van der Waals surface area (Å²) in [7, 11) is 0. The number of benzene rings is 3. The minimum absolute atomic E-state index is 0.449. The second-order valence-electron chi connectivity index (χ2n) is 7.74. The largest absolute Gasteiger partial charge is 0.192 e. The van der Waals surface area contributed by atoms with Gasteiger partial charge in [0.15, 0.2) is 0 Å². The van der Waals surface area contributed by atoms with Crippen molar-refractivity contribution in [1.82, 2.24) is 0 Å². The maximum Gasteiger partial charge on any atom is 0.101 e. The first-order valence-corrected chi connectivity index (χ1v) is 10.9. The molecule has 0 aliphatic heterocycles. The quantitative estimate of drug-likeness (QED) is 0.374. The van der Waals surface area contributed by atoms with Gasteiger partial charge in [0.25, 0.3) is 0 Å². The Balaban J connectivity index is 1.96. The molecule has 3 aromatic rings. The Labute approximate surface area is 180 Å². The highest BCUT2D eigenvalue weighted by atomic mass is 14.3. The number of aryl methyl sites for hydroxylation is 2. The molecule has 30 heavy (non-hydrogen) atoms. The Hall–Kier alpha value is -3.36. The van der Waals surface area contributed by atoms with Gasteiger partial charge in [-0.15, -0.1) is 0 Å². The summed E-state index contributed by atoms with van der Waals surface area (Å²) in [6.45, 7) is 4.37. The molecule has 150 valence electrons. The Morgan fingerprint density at radius 2 is 1.03 bits per heavy atom. The van der Waals surface area contributed by atoms with Crippen LogP contribution in [0, 0.1) is 22.7 Å². The lowest BCUT2D eigenvalue weighted by Gasteiger charge is -2.12. The molecule has 0 saturated carbocycles. The summed E-state index contributed by atoms with van der Waals surface area (Å²) in [6, 6.07) is 25.2. The molecule has 2 heteroatoms. The van der Waals surface area contributed by atoms with E-state index in [9.17, 15) is 10.5 Å². The first-order valence-electron chi connectivity index (χ1n) is 10.9. The normalized spacial score (nSPS) is 10.4. The van der Waals surface area contributed by atoms with E-state index in [4.69, 9.17) is 0 Å². The molecule has 0 heterocycles. The van der Waals surface area contributed by atoms with Gasteiger partial charge in [-0.05, 0) is 41.5 Å². The van der Waals surface area contributed by atoms with Gasteiger partial charge < -0.3 is 0 Å². The monoisotopic (exact) mass is 392 g/mol. The van der Waals surface area contributed by atoms with Crippen molar-refractivity contribution >= 4 is 0 Å². The summed E-state index contributed by atoms with van der Waals surface area (Å²) in [4.78, 5) is 0. The van der Waals surface area contributed by atoms with Crippen LogP contribution in [0.2, 0.25) is 0 Å². The van der Waals surface area contributed by atoms with Crippen LogP contribution in [-0.4, -0.2) is 0 Å². The summed E-state index contributed by atoms with van der Waals surface area (Å²) in [6.07, 6.45) is 6.88. The van der Waals surface area contributed by atoms with Crippen LogP contribution < -0.4 is 0 Å². The van der Waals surface area contributed by atoms with Gasteiger partial charge in [-0.1, -0.05) is 93.8 Å². The van der Waals surface area contributed by atoms with Crippen molar-refractivity contribution in [3.63, 3.8) is 0 Å². The van der Waals surface area contributed by atoms with Crippen LogP contribution in [0.1, 0.15) is 61.8 Å². The molecule has 0 amide bonds. The first-order chi connectivity index (χ1) is 14.7. The van der Waals surface area contributed by atoms with E-state index in [1.54, 1.807) is 0 Å². The summed E-state index contributed by atoms with van der Waals surface area (Å²) >= 11 is 0. The molecule has 0 N–H and O–H groups in total. The van der Waals surface area contributed by atoms with E-state index in [1.165, 1.54) is 30.4 Å². The van der Waals surface area contributed by atoms with Gasteiger partial charge in [-0.25, -0.2) is 0 Å². The Kier molecular flexibility index (Phi) is 7.42. The minimum atomic E-state index is 0.449. The van der Waals surface area contributed by atoms with E-state index < -0.39 is 0 Å². The van der Waals surface area contributed by atoms with Crippen LogP contribution in [0.15, 0.2) is 60.7 Å². The summed E-state index contributed by atoms with van der Waals surface area (Å²) in [5.74, 6) is 0. The zero-order valence-corrected chi connectivity index (χ0v) is 17.9. The predicted octanol–water partition coefficient (Wildman–Crippen LogP) is 7.45. The Morgan fingerprint density at radius 1 is 0.567 bits per heavy atom. The fraction of sp³-hybridized carbons (Fsp3) is 0.286. The van der Waals surface area contributed by atoms with E-state index in [-0.39, 0.29) is 0 Å². The van der Waals surface area contributed by atoms with Gasteiger partial charge in [-0.3, -0.25) is 0 Å². The van der Waals surface area contributed by atoms with Crippen LogP contribution in [0.25, 0.3) is 22.3 Å². The van der Waals surface area contributed by atoms with Crippen molar-refractivity contribution in [1.29, 1.82) is 10.5 Å². The predicted molar refractivity (Wildman–Crippen MR) is 124 cm³/mol. The van der Waals surface area contributed by atoms with Gasteiger partial charge >= 0.3 is 0 Å². The third-order valence-corrected chi connectivity index (χ3v) is 5.57. The molecule has 0 atom stereocenters. The SMILES string of the molecule is CCCCCc1ccc(-c2ccc(-c3ccc(CCC)cc3)c(C#N)c2C#N)cc1. The van der Waals surface area contributed by atoms with E-state index in [0.717, 1.165) is 41.5 Å². The summed E-state index contributed by atoms with van der Waals surface area (Å²) in [5, 5.41) is 19.7. The highest BCUT2D eigenvalue weighted by Crippen LogP contribution is 2.33. The van der Waals surface area contributed by atoms with Gasteiger partial charge in [0.05, 0.1) is 11.1 Å². The minimum Gasteiger partial charge on any atom is -0.192 e. The lowest BCUT2D eigenvalue weighted by molar-refractivity contribution is 0.717. The van der Waals surface area contributed by atoms with Gasteiger partial charge in [0.2, 0.25) is 0 Å². The topological polar surface area (TPSA) is 47.6 Å². The lowest BCUT2D eigenvalue weighted by Crippen LogP contribution is -1.95. The number of rotatable bonds is 8. The molecule has 3 aromatic carbocycles. The fourth-order valence-corrected chi connectivity index (χ4v) is 3.89. The highest BCUT2D eigenvalue weighted by molar-refractivity contribution is 5.82. The van der Waals surface area contributed by atoms with E-state index in [2.05, 4.69) is 62.4 Å². The molecule has 0 radical (unpaired) electrons. The Bertz CT molecular complexity index is 1060. The number of nitrogens with zero attached hydrogens (tertiary/aromatic N) is 2. The Morgan fingerprint density at radius 3 is 1.43 bits per heavy atom. The van der Waals surface area contributed by atoms with Crippen LogP contribution in [0.4, 0.5) is 0 Å². The molecule has 0 saturated heterocycles. The van der Waals surface area contributed by atoms with E-state index in [0.29, 0.717) is 11.1 Å². The number of nitriles is 2. The molecule has 0 aromatic heterocycles. The molecule has 0 aliphatic rings. The third kappa shape index (κ3) is 4.79. The molecule has 2 nitrogen and oxygen atoms in total. The van der Waals surface area contributed by atoms with Gasteiger partial charge in [-0.2, -0.15) is 10.5 Å². The summed E-state index contributed by atoms with van der Waals surface area (Å²) < 4.78 is 0. The van der Waals surface area contributed by atoms with Crippen molar-refractivity contribution in [2.45, 2.75) is 52.4 Å². The van der Waals surface area contributed by atoms with Gasteiger partial charge in [0.1, 0.15) is 12.1 Å².